The van der Waals surface area contributed by atoms with Crippen LogP contribution in [0.5, 0.6) is 5.75 Å². The second-order valence-electron chi connectivity index (χ2n) is 5.72. The van der Waals surface area contributed by atoms with Crippen LogP contribution in [0.4, 0.5) is 4.39 Å². The average Bonchev–Trinajstić information content (AvgIpc) is 2.67. The van der Waals surface area contributed by atoms with Gasteiger partial charge in [0, 0.05) is 5.56 Å². The highest BCUT2D eigenvalue weighted by Crippen LogP contribution is 2.15. The van der Waals surface area contributed by atoms with E-state index in [2.05, 4.69) is 10.9 Å². The van der Waals surface area contributed by atoms with Gasteiger partial charge in [-0.3, -0.25) is 20.4 Å². The summed E-state index contributed by atoms with van der Waals surface area (Å²) in [6.45, 7) is 1.53. The van der Waals surface area contributed by atoms with Gasteiger partial charge in [-0.15, -0.1) is 0 Å². The van der Waals surface area contributed by atoms with Crippen LogP contribution in [0.1, 0.15) is 17.3 Å². The number of halogens is 1. The van der Waals surface area contributed by atoms with Crippen LogP contribution in [0.15, 0.2) is 66.7 Å². The van der Waals surface area contributed by atoms with Crippen LogP contribution in [0.3, 0.4) is 0 Å². The molecule has 0 fully saturated rings. The molecule has 0 heterocycles. The number of benzene rings is 3. The predicted molar refractivity (Wildman–Crippen MR) is 96.0 cm³/mol. The second kappa shape index (κ2) is 7.65. The fraction of sp³-hybridized carbons (Fsp3) is 0.100. The average molecular weight is 352 g/mol. The smallest absolute Gasteiger partial charge is 0.279 e. The zero-order valence-electron chi connectivity index (χ0n) is 14.0. The van der Waals surface area contributed by atoms with Crippen molar-refractivity contribution in [1.29, 1.82) is 0 Å². The zero-order valence-corrected chi connectivity index (χ0v) is 14.0. The maximum atomic E-state index is 12.9. The SMILES string of the molecule is C[C@H](Oc1ccc(F)cc1)C(=O)NNC(=O)c1ccc2ccccc2c1. The summed E-state index contributed by atoms with van der Waals surface area (Å²) in [5.41, 5.74) is 5.11. The van der Waals surface area contributed by atoms with Crippen molar-refractivity contribution in [3.8, 4) is 5.75 Å². The van der Waals surface area contributed by atoms with E-state index in [0.29, 0.717) is 11.3 Å². The van der Waals surface area contributed by atoms with Crippen LogP contribution < -0.4 is 15.6 Å². The van der Waals surface area contributed by atoms with Crippen LogP contribution in [0.2, 0.25) is 0 Å². The number of hydrazine groups is 1. The molecule has 0 spiro atoms. The van der Waals surface area contributed by atoms with Crippen molar-refractivity contribution >= 4 is 22.6 Å². The van der Waals surface area contributed by atoms with E-state index < -0.39 is 23.7 Å². The Bertz CT molecular complexity index is 941. The number of nitrogens with one attached hydrogen (secondary N) is 2. The molecule has 3 aromatic rings. The number of rotatable bonds is 4. The van der Waals surface area contributed by atoms with E-state index >= 15 is 0 Å². The third kappa shape index (κ3) is 4.16. The molecule has 2 amide bonds. The van der Waals surface area contributed by atoms with Crippen molar-refractivity contribution in [2.45, 2.75) is 13.0 Å². The van der Waals surface area contributed by atoms with Gasteiger partial charge in [-0.1, -0.05) is 30.3 Å². The molecule has 0 aliphatic carbocycles. The first kappa shape index (κ1) is 17.4. The van der Waals surface area contributed by atoms with E-state index in [1.807, 2.05) is 30.3 Å². The minimum absolute atomic E-state index is 0.356. The minimum Gasteiger partial charge on any atom is -0.481 e. The molecule has 0 aliphatic heterocycles. The van der Waals surface area contributed by atoms with Crippen molar-refractivity contribution in [3.63, 3.8) is 0 Å². The minimum atomic E-state index is -0.864. The molecule has 0 saturated carbocycles. The van der Waals surface area contributed by atoms with Gasteiger partial charge in [0.15, 0.2) is 6.10 Å². The topological polar surface area (TPSA) is 67.4 Å². The Morgan fingerprint density at radius 3 is 2.35 bits per heavy atom. The molecule has 6 heteroatoms. The predicted octanol–water partition coefficient (Wildman–Crippen LogP) is 3.21. The van der Waals surface area contributed by atoms with Gasteiger partial charge in [0.25, 0.3) is 11.8 Å². The fourth-order valence-electron chi connectivity index (χ4n) is 2.39. The summed E-state index contributed by atoms with van der Waals surface area (Å²) in [4.78, 5) is 24.2. The molecule has 0 aliphatic rings. The molecule has 26 heavy (non-hydrogen) atoms. The first-order valence-corrected chi connectivity index (χ1v) is 8.04. The monoisotopic (exact) mass is 352 g/mol. The Morgan fingerprint density at radius 2 is 1.62 bits per heavy atom. The molecule has 0 saturated heterocycles. The number of amides is 2. The van der Waals surface area contributed by atoms with E-state index in [1.165, 1.54) is 31.2 Å². The molecule has 0 unspecified atom stereocenters. The molecule has 0 aromatic heterocycles. The van der Waals surface area contributed by atoms with Crippen molar-refractivity contribution in [2.75, 3.05) is 0 Å². The molecule has 5 nitrogen and oxygen atoms in total. The van der Waals surface area contributed by atoms with E-state index in [1.54, 1.807) is 12.1 Å². The van der Waals surface area contributed by atoms with E-state index in [-0.39, 0.29) is 0 Å². The number of fused-ring (bicyclic) bond motifs is 1. The molecule has 0 radical (unpaired) electrons. The Morgan fingerprint density at radius 1 is 0.923 bits per heavy atom. The normalized spacial score (nSPS) is 11.6. The molecule has 1 atom stereocenters. The molecule has 3 aromatic carbocycles. The highest BCUT2D eigenvalue weighted by molar-refractivity contribution is 5.99. The maximum Gasteiger partial charge on any atom is 0.279 e. The summed E-state index contributed by atoms with van der Waals surface area (Å²) in [7, 11) is 0. The third-order valence-corrected chi connectivity index (χ3v) is 3.81. The molecule has 2 N–H and O–H groups in total. The summed E-state index contributed by atoms with van der Waals surface area (Å²) in [6, 6.07) is 18.3. The quantitative estimate of drug-likeness (QED) is 0.709. The van der Waals surface area contributed by atoms with Gasteiger partial charge in [-0.05, 0) is 54.1 Å². The fourth-order valence-corrected chi connectivity index (χ4v) is 2.39. The standard InChI is InChI=1S/C20H17FN2O3/c1-13(26-18-10-8-17(21)9-11-18)19(24)22-23-20(25)16-7-6-14-4-2-3-5-15(14)12-16/h2-13H,1H3,(H,22,24)(H,23,25)/t13-/m0/s1. The molecule has 132 valence electrons. The van der Waals surface area contributed by atoms with Gasteiger partial charge in [0.05, 0.1) is 0 Å². The van der Waals surface area contributed by atoms with Crippen LogP contribution in [-0.4, -0.2) is 17.9 Å². The highest BCUT2D eigenvalue weighted by Gasteiger charge is 2.16. The lowest BCUT2D eigenvalue weighted by Gasteiger charge is -2.15. The van der Waals surface area contributed by atoms with Gasteiger partial charge in [0.2, 0.25) is 0 Å². The van der Waals surface area contributed by atoms with Crippen LogP contribution in [-0.2, 0) is 4.79 Å². The summed E-state index contributed by atoms with van der Waals surface area (Å²) in [5, 5.41) is 1.95. The van der Waals surface area contributed by atoms with Crippen LogP contribution in [0, 0.1) is 5.82 Å². The second-order valence-corrected chi connectivity index (χ2v) is 5.72. The molecule has 3 rings (SSSR count). The highest BCUT2D eigenvalue weighted by atomic mass is 19.1. The van der Waals surface area contributed by atoms with Gasteiger partial charge in [-0.25, -0.2) is 4.39 Å². The van der Waals surface area contributed by atoms with Gasteiger partial charge in [-0.2, -0.15) is 0 Å². The summed E-state index contributed by atoms with van der Waals surface area (Å²) >= 11 is 0. The van der Waals surface area contributed by atoms with E-state index in [0.717, 1.165) is 10.8 Å². The largest absolute Gasteiger partial charge is 0.481 e. The Balaban J connectivity index is 1.57. The van der Waals surface area contributed by atoms with E-state index in [4.69, 9.17) is 4.74 Å². The number of ether oxygens (including phenoxy) is 1. The van der Waals surface area contributed by atoms with Crippen LogP contribution >= 0.6 is 0 Å². The van der Waals surface area contributed by atoms with Crippen molar-refractivity contribution < 1.29 is 18.7 Å². The van der Waals surface area contributed by atoms with Gasteiger partial charge in [0.1, 0.15) is 11.6 Å². The number of carbonyl (C=O) groups excluding carboxylic acids is 2. The molecular weight excluding hydrogens is 335 g/mol. The summed E-state index contributed by atoms with van der Waals surface area (Å²) in [5.74, 6) is -0.992. The molecule has 0 bridgehead atoms. The van der Waals surface area contributed by atoms with Crippen molar-refractivity contribution in [2.24, 2.45) is 0 Å². The van der Waals surface area contributed by atoms with Gasteiger partial charge >= 0.3 is 0 Å². The molecular formula is C20H17FN2O3. The lowest BCUT2D eigenvalue weighted by atomic mass is 10.1. The van der Waals surface area contributed by atoms with Crippen molar-refractivity contribution in [1.82, 2.24) is 10.9 Å². The third-order valence-electron chi connectivity index (χ3n) is 3.81. The summed E-state index contributed by atoms with van der Waals surface area (Å²) in [6.07, 6.45) is -0.864. The lowest BCUT2D eigenvalue weighted by molar-refractivity contribution is -0.128. The van der Waals surface area contributed by atoms with Gasteiger partial charge < -0.3 is 4.74 Å². The number of hydrogen-bond donors (Lipinski definition) is 2. The first-order chi connectivity index (χ1) is 12.5. The van der Waals surface area contributed by atoms with Crippen LogP contribution in [0.25, 0.3) is 10.8 Å². The Hall–Kier alpha value is -3.41. The number of hydrogen-bond acceptors (Lipinski definition) is 3. The lowest BCUT2D eigenvalue weighted by Crippen LogP contribution is -2.47. The zero-order chi connectivity index (χ0) is 18.5. The maximum absolute atomic E-state index is 12.9. The first-order valence-electron chi connectivity index (χ1n) is 8.04. The summed E-state index contributed by atoms with van der Waals surface area (Å²) < 4.78 is 18.3. The Kier molecular flexibility index (Phi) is 5.12. The van der Waals surface area contributed by atoms with E-state index in [9.17, 15) is 14.0 Å². The number of carbonyl (C=O) groups is 2. The Labute approximate surface area is 149 Å². The van der Waals surface area contributed by atoms with Crippen molar-refractivity contribution in [3.05, 3.63) is 78.1 Å².